The normalized spacial score (nSPS) is 14.3. The lowest BCUT2D eigenvalue weighted by molar-refractivity contribution is 0.406. The number of ether oxygens (including phenoxy) is 2. The number of nitrogens with zero attached hydrogens (tertiary/aromatic N) is 1. The lowest BCUT2D eigenvalue weighted by Gasteiger charge is -2.21. The first-order valence-corrected chi connectivity index (χ1v) is 6.08. The molecule has 4 nitrogen and oxygen atoms in total. The van der Waals surface area contributed by atoms with Crippen molar-refractivity contribution in [1.82, 2.24) is 10.3 Å². The molecule has 94 valence electrons. The van der Waals surface area contributed by atoms with Crippen LogP contribution in [0.3, 0.4) is 0 Å². The Morgan fingerprint density at radius 1 is 1.22 bits per heavy atom. The van der Waals surface area contributed by atoms with E-state index < -0.39 is 0 Å². The van der Waals surface area contributed by atoms with Crippen LogP contribution < -0.4 is 14.8 Å². The molecule has 0 spiro atoms. The molecule has 18 heavy (non-hydrogen) atoms. The van der Waals surface area contributed by atoms with Crippen LogP contribution in [0.4, 0.5) is 0 Å². The fourth-order valence-electron chi connectivity index (χ4n) is 2.52. The van der Waals surface area contributed by atoms with Gasteiger partial charge in [0.15, 0.2) is 0 Å². The maximum absolute atomic E-state index is 5.59. The van der Waals surface area contributed by atoms with Crippen LogP contribution in [0.1, 0.15) is 11.3 Å². The molecule has 1 aliphatic rings. The summed E-state index contributed by atoms with van der Waals surface area (Å²) in [5, 5.41) is 4.37. The van der Waals surface area contributed by atoms with Gasteiger partial charge >= 0.3 is 0 Å². The van der Waals surface area contributed by atoms with Gasteiger partial charge in [0.1, 0.15) is 17.0 Å². The van der Waals surface area contributed by atoms with E-state index in [1.807, 2.05) is 18.2 Å². The topological polar surface area (TPSA) is 43.4 Å². The van der Waals surface area contributed by atoms with Crippen LogP contribution in [-0.4, -0.2) is 25.7 Å². The first-order chi connectivity index (χ1) is 8.85. The molecule has 1 aliphatic heterocycles. The molecule has 0 atom stereocenters. The summed E-state index contributed by atoms with van der Waals surface area (Å²) in [5.74, 6) is 1.72. The first-order valence-electron chi connectivity index (χ1n) is 6.08. The average molecular weight is 244 g/mol. The second-order valence-electron chi connectivity index (χ2n) is 4.35. The molecule has 1 aromatic carbocycles. The highest BCUT2D eigenvalue weighted by Crippen LogP contribution is 2.35. The Bertz CT molecular complexity index is 596. The number of pyridine rings is 1. The largest absolute Gasteiger partial charge is 0.496 e. The highest BCUT2D eigenvalue weighted by Gasteiger charge is 2.19. The van der Waals surface area contributed by atoms with Gasteiger partial charge in [-0.1, -0.05) is 6.07 Å². The van der Waals surface area contributed by atoms with Crippen molar-refractivity contribution in [2.45, 2.75) is 13.0 Å². The molecule has 0 bridgehead atoms. The van der Waals surface area contributed by atoms with Crippen LogP contribution in [-0.2, 0) is 13.0 Å². The predicted octanol–water partition coefficient (Wildman–Crippen LogP) is 1.90. The van der Waals surface area contributed by atoms with Crippen LogP contribution >= 0.6 is 0 Å². The van der Waals surface area contributed by atoms with Crippen molar-refractivity contribution in [3.05, 3.63) is 29.5 Å². The first kappa shape index (κ1) is 11.3. The number of hydrogen-bond acceptors (Lipinski definition) is 4. The van der Waals surface area contributed by atoms with Crippen molar-refractivity contribution in [1.29, 1.82) is 0 Å². The van der Waals surface area contributed by atoms with Crippen LogP contribution in [0.15, 0.2) is 18.2 Å². The van der Waals surface area contributed by atoms with Gasteiger partial charge in [-0.2, -0.15) is 0 Å². The molecule has 0 fully saturated rings. The molecule has 0 amide bonds. The monoisotopic (exact) mass is 244 g/mol. The summed E-state index contributed by atoms with van der Waals surface area (Å²) in [6, 6.07) is 5.93. The van der Waals surface area contributed by atoms with Crippen LogP contribution in [0.2, 0.25) is 0 Å². The van der Waals surface area contributed by atoms with Gasteiger partial charge in [-0.3, -0.25) is 0 Å². The smallest absolute Gasteiger partial charge is 0.145 e. The lowest BCUT2D eigenvalue weighted by Crippen LogP contribution is -2.25. The highest BCUT2D eigenvalue weighted by atomic mass is 16.5. The number of methoxy groups -OCH3 is 2. The minimum absolute atomic E-state index is 0.798. The van der Waals surface area contributed by atoms with Gasteiger partial charge in [0.05, 0.1) is 19.9 Å². The van der Waals surface area contributed by atoms with Gasteiger partial charge < -0.3 is 14.8 Å². The lowest BCUT2D eigenvalue weighted by atomic mass is 10.0. The van der Waals surface area contributed by atoms with Gasteiger partial charge in [0.25, 0.3) is 0 Å². The number of para-hydroxylation sites is 1. The van der Waals surface area contributed by atoms with E-state index in [2.05, 4.69) is 5.32 Å². The Morgan fingerprint density at radius 2 is 2.11 bits per heavy atom. The SMILES string of the molecule is COc1c2c(nc3c(OC)cccc13)CCNC2. The summed E-state index contributed by atoms with van der Waals surface area (Å²) in [7, 11) is 3.38. The molecule has 2 heterocycles. The number of rotatable bonds is 2. The second kappa shape index (κ2) is 4.46. The Morgan fingerprint density at radius 3 is 2.89 bits per heavy atom. The molecule has 0 saturated carbocycles. The third-order valence-corrected chi connectivity index (χ3v) is 3.38. The number of aromatic nitrogens is 1. The molecule has 0 aliphatic carbocycles. The second-order valence-corrected chi connectivity index (χ2v) is 4.35. The summed E-state index contributed by atoms with van der Waals surface area (Å²) >= 11 is 0. The fraction of sp³-hybridized carbons (Fsp3) is 0.357. The van der Waals surface area contributed by atoms with Gasteiger partial charge in [-0.25, -0.2) is 4.98 Å². The third kappa shape index (κ3) is 1.61. The zero-order valence-electron chi connectivity index (χ0n) is 10.6. The van der Waals surface area contributed by atoms with E-state index in [0.717, 1.165) is 47.6 Å². The molecule has 0 radical (unpaired) electrons. The average Bonchev–Trinajstić information content (AvgIpc) is 2.44. The van der Waals surface area contributed by atoms with Crippen LogP contribution in [0.5, 0.6) is 11.5 Å². The van der Waals surface area contributed by atoms with Crippen molar-refractivity contribution in [3.63, 3.8) is 0 Å². The quantitative estimate of drug-likeness (QED) is 0.876. The number of fused-ring (bicyclic) bond motifs is 2. The molecule has 1 N–H and O–H groups in total. The summed E-state index contributed by atoms with van der Waals surface area (Å²) < 4.78 is 11.0. The van der Waals surface area contributed by atoms with E-state index in [0.29, 0.717) is 0 Å². The standard InChI is InChI=1S/C14H16N2O2/c1-17-12-5-3-4-9-13(12)16-11-6-7-15-8-10(11)14(9)18-2/h3-5,15H,6-8H2,1-2H3. The van der Waals surface area contributed by atoms with Crippen molar-refractivity contribution in [2.75, 3.05) is 20.8 Å². The molecule has 1 aromatic heterocycles. The zero-order chi connectivity index (χ0) is 12.5. The number of nitrogens with one attached hydrogen (secondary N) is 1. The van der Waals surface area contributed by atoms with E-state index in [1.54, 1.807) is 14.2 Å². The third-order valence-electron chi connectivity index (χ3n) is 3.38. The summed E-state index contributed by atoms with van der Waals surface area (Å²) in [4.78, 5) is 4.75. The van der Waals surface area contributed by atoms with E-state index in [1.165, 1.54) is 5.56 Å². The van der Waals surface area contributed by atoms with E-state index in [9.17, 15) is 0 Å². The van der Waals surface area contributed by atoms with Crippen molar-refractivity contribution >= 4 is 10.9 Å². The molecule has 4 heteroatoms. The maximum Gasteiger partial charge on any atom is 0.145 e. The molecule has 0 saturated heterocycles. The van der Waals surface area contributed by atoms with Gasteiger partial charge in [0, 0.05) is 30.5 Å². The number of benzene rings is 1. The highest BCUT2D eigenvalue weighted by molar-refractivity contribution is 5.91. The van der Waals surface area contributed by atoms with Gasteiger partial charge in [0.2, 0.25) is 0 Å². The van der Waals surface area contributed by atoms with Gasteiger partial charge in [-0.15, -0.1) is 0 Å². The Hall–Kier alpha value is -1.81. The van der Waals surface area contributed by atoms with Crippen molar-refractivity contribution in [3.8, 4) is 11.5 Å². The van der Waals surface area contributed by atoms with Crippen LogP contribution in [0, 0.1) is 0 Å². The molecular weight excluding hydrogens is 228 g/mol. The Balaban J connectivity index is 2.36. The number of hydrogen-bond donors (Lipinski definition) is 1. The van der Waals surface area contributed by atoms with E-state index >= 15 is 0 Å². The Kier molecular flexibility index (Phi) is 2.80. The minimum Gasteiger partial charge on any atom is -0.496 e. The minimum atomic E-state index is 0.798. The van der Waals surface area contributed by atoms with Crippen molar-refractivity contribution < 1.29 is 9.47 Å². The predicted molar refractivity (Wildman–Crippen MR) is 70.3 cm³/mol. The van der Waals surface area contributed by atoms with Gasteiger partial charge in [-0.05, 0) is 12.1 Å². The maximum atomic E-state index is 5.59. The zero-order valence-corrected chi connectivity index (χ0v) is 10.6. The van der Waals surface area contributed by atoms with E-state index in [4.69, 9.17) is 14.5 Å². The summed E-state index contributed by atoms with van der Waals surface area (Å²) in [6.07, 6.45) is 0.930. The van der Waals surface area contributed by atoms with Crippen LogP contribution in [0.25, 0.3) is 10.9 Å². The fourth-order valence-corrected chi connectivity index (χ4v) is 2.52. The van der Waals surface area contributed by atoms with Crippen molar-refractivity contribution in [2.24, 2.45) is 0 Å². The summed E-state index contributed by atoms with van der Waals surface area (Å²) in [5.41, 5.74) is 3.17. The Labute approximate surface area is 106 Å². The summed E-state index contributed by atoms with van der Waals surface area (Å²) in [6.45, 7) is 1.78. The molecular formula is C14H16N2O2. The molecule has 3 rings (SSSR count). The van der Waals surface area contributed by atoms with E-state index in [-0.39, 0.29) is 0 Å². The molecule has 2 aromatic rings. The molecule has 0 unspecified atom stereocenters.